The highest BCUT2D eigenvalue weighted by atomic mass is 35.5. The summed E-state index contributed by atoms with van der Waals surface area (Å²) in [5, 5.41) is 3.30. The van der Waals surface area contributed by atoms with Crippen molar-refractivity contribution >= 4 is 29.0 Å². The van der Waals surface area contributed by atoms with Crippen LogP contribution in [0.4, 0.5) is 11.5 Å². The zero-order valence-electron chi connectivity index (χ0n) is 14.3. The van der Waals surface area contributed by atoms with Gasteiger partial charge in [0, 0.05) is 37.8 Å². The van der Waals surface area contributed by atoms with Crippen LogP contribution in [0.1, 0.15) is 29.6 Å². The Hall–Kier alpha value is -2.47. The fraction of sp³-hybridized carbons (Fsp3) is 0.368. The predicted octanol–water partition coefficient (Wildman–Crippen LogP) is 3.75. The molecule has 136 valence electrons. The molecule has 4 rings (SSSR count). The van der Waals surface area contributed by atoms with Crippen LogP contribution >= 0.6 is 11.6 Å². The minimum Gasteiger partial charge on any atom is -0.490 e. The van der Waals surface area contributed by atoms with Crippen molar-refractivity contribution in [1.29, 1.82) is 0 Å². The molecule has 0 spiro atoms. The lowest BCUT2D eigenvalue weighted by atomic mass is 10.2. The van der Waals surface area contributed by atoms with Gasteiger partial charge in [0.25, 0.3) is 5.91 Å². The number of benzene rings is 1. The molecule has 0 radical (unpaired) electrons. The monoisotopic (exact) mass is 373 g/mol. The number of nitrogens with one attached hydrogen (secondary N) is 1. The van der Waals surface area contributed by atoms with Crippen molar-refractivity contribution in [3.05, 3.63) is 41.0 Å². The van der Waals surface area contributed by atoms with E-state index in [0.717, 1.165) is 32.4 Å². The Kier molecular flexibility index (Phi) is 4.84. The van der Waals surface area contributed by atoms with Crippen LogP contribution in [0.5, 0.6) is 11.5 Å². The third-order valence-corrected chi connectivity index (χ3v) is 4.84. The summed E-state index contributed by atoms with van der Waals surface area (Å²) < 4.78 is 11.3. The van der Waals surface area contributed by atoms with E-state index in [-0.39, 0.29) is 5.91 Å². The highest BCUT2D eigenvalue weighted by Gasteiger charge is 2.22. The van der Waals surface area contributed by atoms with E-state index in [1.54, 1.807) is 30.5 Å². The SMILES string of the molecule is O=C(Nc1cc2c(cc1Cl)OCCCO2)c1cccnc1N1CCCC1. The lowest BCUT2D eigenvalue weighted by Gasteiger charge is -2.19. The number of ether oxygens (including phenoxy) is 2. The normalized spacial score (nSPS) is 16.3. The molecule has 2 aromatic rings. The quantitative estimate of drug-likeness (QED) is 0.887. The van der Waals surface area contributed by atoms with E-state index in [1.807, 2.05) is 0 Å². The summed E-state index contributed by atoms with van der Waals surface area (Å²) in [4.78, 5) is 19.4. The Balaban J connectivity index is 1.60. The second-order valence-electron chi connectivity index (χ2n) is 6.35. The number of hydrogen-bond acceptors (Lipinski definition) is 5. The van der Waals surface area contributed by atoms with Gasteiger partial charge in [-0.1, -0.05) is 11.6 Å². The summed E-state index contributed by atoms with van der Waals surface area (Å²) in [6.45, 7) is 3.00. The Morgan fingerprint density at radius 1 is 1.12 bits per heavy atom. The number of fused-ring (bicyclic) bond motifs is 1. The Morgan fingerprint density at radius 2 is 1.85 bits per heavy atom. The van der Waals surface area contributed by atoms with Crippen molar-refractivity contribution in [1.82, 2.24) is 4.98 Å². The fourth-order valence-corrected chi connectivity index (χ4v) is 3.43. The number of anilines is 2. The average Bonchev–Trinajstić information content (AvgIpc) is 3.10. The van der Waals surface area contributed by atoms with Crippen LogP contribution in [0, 0.1) is 0 Å². The first-order chi connectivity index (χ1) is 12.7. The highest BCUT2D eigenvalue weighted by molar-refractivity contribution is 6.34. The number of carbonyl (C=O) groups is 1. The van der Waals surface area contributed by atoms with Crippen molar-refractivity contribution in [2.75, 3.05) is 36.5 Å². The first-order valence-electron chi connectivity index (χ1n) is 8.83. The van der Waals surface area contributed by atoms with Gasteiger partial charge in [-0.05, 0) is 25.0 Å². The number of rotatable bonds is 3. The van der Waals surface area contributed by atoms with Gasteiger partial charge in [-0.2, -0.15) is 0 Å². The summed E-state index contributed by atoms with van der Waals surface area (Å²) >= 11 is 6.34. The van der Waals surface area contributed by atoms with Crippen molar-refractivity contribution in [3.63, 3.8) is 0 Å². The summed E-state index contributed by atoms with van der Waals surface area (Å²) in [6, 6.07) is 6.95. The van der Waals surface area contributed by atoms with Gasteiger partial charge in [0.15, 0.2) is 11.5 Å². The van der Waals surface area contributed by atoms with Crippen molar-refractivity contribution < 1.29 is 14.3 Å². The van der Waals surface area contributed by atoms with Gasteiger partial charge in [-0.25, -0.2) is 4.98 Å². The van der Waals surface area contributed by atoms with E-state index >= 15 is 0 Å². The molecule has 2 aliphatic rings. The zero-order valence-corrected chi connectivity index (χ0v) is 15.1. The molecule has 1 fully saturated rings. The fourth-order valence-electron chi connectivity index (χ4n) is 3.22. The van der Waals surface area contributed by atoms with Crippen molar-refractivity contribution in [3.8, 4) is 11.5 Å². The van der Waals surface area contributed by atoms with Gasteiger partial charge in [0.05, 0.1) is 29.5 Å². The summed E-state index contributed by atoms with van der Waals surface area (Å²) in [7, 11) is 0. The molecule has 0 bridgehead atoms. The van der Waals surface area contributed by atoms with Crippen LogP contribution in [0.3, 0.4) is 0 Å². The number of carbonyl (C=O) groups excluding carboxylic acids is 1. The van der Waals surface area contributed by atoms with E-state index in [0.29, 0.717) is 46.8 Å². The van der Waals surface area contributed by atoms with Gasteiger partial charge >= 0.3 is 0 Å². The molecule has 1 aromatic heterocycles. The molecule has 1 aromatic carbocycles. The topological polar surface area (TPSA) is 63.7 Å². The number of pyridine rings is 1. The Morgan fingerprint density at radius 3 is 2.62 bits per heavy atom. The van der Waals surface area contributed by atoms with Gasteiger partial charge in [0.1, 0.15) is 5.82 Å². The number of nitrogens with zero attached hydrogens (tertiary/aromatic N) is 2. The molecule has 26 heavy (non-hydrogen) atoms. The molecule has 1 amide bonds. The van der Waals surface area contributed by atoms with E-state index in [9.17, 15) is 4.79 Å². The van der Waals surface area contributed by atoms with Crippen LogP contribution < -0.4 is 19.7 Å². The van der Waals surface area contributed by atoms with Crippen LogP contribution in [0.15, 0.2) is 30.5 Å². The largest absolute Gasteiger partial charge is 0.490 e. The molecule has 1 N–H and O–H groups in total. The molecule has 6 nitrogen and oxygen atoms in total. The maximum absolute atomic E-state index is 12.9. The van der Waals surface area contributed by atoms with Crippen molar-refractivity contribution in [2.24, 2.45) is 0 Å². The minimum atomic E-state index is -0.239. The zero-order chi connectivity index (χ0) is 17.9. The first kappa shape index (κ1) is 17.0. The van der Waals surface area contributed by atoms with Crippen LogP contribution in [-0.2, 0) is 0 Å². The molecule has 0 saturated carbocycles. The third kappa shape index (κ3) is 3.42. The van der Waals surface area contributed by atoms with Gasteiger partial charge < -0.3 is 19.7 Å². The molecule has 0 unspecified atom stereocenters. The van der Waals surface area contributed by atoms with Gasteiger partial charge in [-0.15, -0.1) is 0 Å². The smallest absolute Gasteiger partial charge is 0.259 e. The number of aromatic nitrogens is 1. The summed E-state index contributed by atoms with van der Waals surface area (Å²) in [6.07, 6.45) is 4.76. The average molecular weight is 374 g/mol. The molecule has 2 aliphatic heterocycles. The van der Waals surface area contributed by atoms with E-state index in [2.05, 4.69) is 15.2 Å². The highest BCUT2D eigenvalue weighted by Crippen LogP contribution is 2.38. The molecular formula is C19H20ClN3O3. The molecule has 7 heteroatoms. The van der Waals surface area contributed by atoms with E-state index in [4.69, 9.17) is 21.1 Å². The Labute approximate surface area is 157 Å². The second-order valence-corrected chi connectivity index (χ2v) is 6.76. The van der Waals surface area contributed by atoms with Gasteiger partial charge in [0.2, 0.25) is 0 Å². The summed E-state index contributed by atoms with van der Waals surface area (Å²) in [5.41, 5.74) is 1.04. The van der Waals surface area contributed by atoms with Crippen LogP contribution in [0.2, 0.25) is 5.02 Å². The minimum absolute atomic E-state index is 0.239. The van der Waals surface area contributed by atoms with Crippen LogP contribution in [-0.4, -0.2) is 37.2 Å². The standard InChI is InChI=1S/C19H20ClN3O3/c20-14-11-16-17(26-10-4-9-25-16)12-15(14)22-19(24)13-5-3-6-21-18(13)23-7-1-2-8-23/h3,5-6,11-12H,1-2,4,7-10H2,(H,22,24). The molecule has 0 atom stereocenters. The lowest BCUT2D eigenvalue weighted by Crippen LogP contribution is -2.24. The molecule has 0 aliphatic carbocycles. The lowest BCUT2D eigenvalue weighted by molar-refractivity contribution is 0.102. The van der Waals surface area contributed by atoms with E-state index in [1.165, 1.54) is 0 Å². The Bertz CT molecular complexity index is 822. The second kappa shape index (κ2) is 7.41. The summed E-state index contributed by atoms with van der Waals surface area (Å²) in [5.74, 6) is 1.67. The number of hydrogen-bond donors (Lipinski definition) is 1. The number of halogens is 1. The number of amides is 1. The molecular weight excluding hydrogens is 354 g/mol. The maximum Gasteiger partial charge on any atom is 0.259 e. The molecule has 1 saturated heterocycles. The van der Waals surface area contributed by atoms with Crippen molar-refractivity contribution in [2.45, 2.75) is 19.3 Å². The third-order valence-electron chi connectivity index (χ3n) is 4.52. The maximum atomic E-state index is 12.9. The van der Waals surface area contributed by atoms with Gasteiger partial charge in [-0.3, -0.25) is 4.79 Å². The van der Waals surface area contributed by atoms with E-state index < -0.39 is 0 Å². The predicted molar refractivity (Wildman–Crippen MR) is 101 cm³/mol. The molecule has 3 heterocycles. The first-order valence-corrected chi connectivity index (χ1v) is 9.20. The van der Waals surface area contributed by atoms with Crippen LogP contribution in [0.25, 0.3) is 0 Å².